The van der Waals surface area contributed by atoms with Crippen LogP contribution in [0.4, 0.5) is 0 Å². The van der Waals surface area contributed by atoms with Crippen LogP contribution in [-0.2, 0) is 14.3 Å². The third-order valence-corrected chi connectivity index (χ3v) is 4.49. The Balaban J connectivity index is 2.83. The number of carbonyl (C=O) groups excluding carboxylic acids is 2. The van der Waals surface area contributed by atoms with E-state index in [4.69, 9.17) is 4.74 Å². The molecule has 0 bridgehead atoms. The Morgan fingerprint density at radius 1 is 1.41 bits per heavy atom. The molecule has 5 heteroatoms. The van der Waals surface area contributed by atoms with Gasteiger partial charge in [0.25, 0.3) is 0 Å². The number of carbonyl (C=O) groups is 2. The van der Waals surface area contributed by atoms with Gasteiger partial charge in [-0.25, -0.2) is 0 Å². The van der Waals surface area contributed by atoms with Crippen LogP contribution in [0.15, 0.2) is 0 Å². The zero-order valence-corrected chi connectivity index (χ0v) is 11.8. The predicted octanol–water partition coefficient (Wildman–Crippen LogP) is 1.54. The molecule has 17 heavy (non-hydrogen) atoms. The first kappa shape index (κ1) is 14.4. The molecule has 1 aliphatic rings. The largest absolute Gasteiger partial charge is 0.468 e. The SMILES string of the molecule is COC(=O)C1(SC)CCCN(C(=O)C(C)C)C1. The van der Waals surface area contributed by atoms with Gasteiger partial charge in [0.1, 0.15) is 4.75 Å². The molecule has 1 unspecified atom stereocenters. The average Bonchev–Trinajstić information content (AvgIpc) is 2.36. The van der Waals surface area contributed by atoms with Crippen LogP contribution in [0.1, 0.15) is 26.7 Å². The Labute approximate surface area is 107 Å². The Kier molecular flexibility index (Phi) is 4.86. The fourth-order valence-corrected chi connectivity index (χ4v) is 3.06. The molecule has 0 aromatic carbocycles. The monoisotopic (exact) mass is 259 g/mol. The fraction of sp³-hybridized carbons (Fsp3) is 0.833. The van der Waals surface area contributed by atoms with E-state index < -0.39 is 4.75 Å². The summed E-state index contributed by atoms with van der Waals surface area (Å²) in [5.41, 5.74) is 0. The zero-order valence-electron chi connectivity index (χ0n) is 11.0. The second-order valence-corrected chi connectivity index (χ2v) is 5.90. The first-order valence-corrected chi connectivity index (χ1v) is 7.11. The van der Waals surface area contributed by atoms with Crippen molar-refractivity contribution in [1.29, 1.82) is 0 Å². The highest BCUT2D eigenvalue weighted by atomic mass is 32.2. The summed E-state index contributed by atoms with van der Waals surface area (Å²) in [4.78, 5) is 25.6. The molecule has 0 aromatic rings. The summed E-state index contributed by atoms with van der Waals surface area (Å²) < 4.78 is 4.30. The van der Waals surface area contributed by atoms with Gasteiger partial charge < -0.3 is 9.64 Å². The van der Waals surface area contributed by atoms with E-state index in [0.29, 0.717) is 6.54 Å². The van der Waals surface area contributed by atoms with Crippen LogP contribution >= 0.6 is 11.8 Å². The molecule has 1 fully saturated rings. The van der Waals surface area contributed by atoms with E-state index in [1.165, 1.54) is 18.9 Å². The number of esters is 1. The van der Waals surface area contributed by atoms with E-state index in [9.17, 15) is 9.59 Å². The molecular formula is C12H21NO3S. The molecule has 1 rings (SSSR count). The van der Waals surface area contributed by atoms with Gasteiger partial charge >= 0.3 is 5.97 Å². The minimum Gasteiger partial charge on any atom is -0.468 e. The van der Waals surface area contributed by atoms with Crippen molar-refractivity contribution in [2.45, 2.75) is 31.4 Å². The average molecular weight is 259 g/mol. The van der Waals surface area contributed by atoms with E-state index in [1.807, 2.05) is 20.1 Å². The van der Waals surface area contributed by atoms with Gasteiger partial charge in [-0.2, -0.15) is 0 Å². The highest BCUT2D eigenvalue weighted by Gasteiger charge is 2.44. The standard InChI is InChI=1S/C12H21NO3S/c1-9(2)10(14)13-7-5-6-12(8-13,17-4)11(15)16-3/h9H,5-8H2,1-4H3. The Morgan fingerprint density at radius 2 is 2.06 bits per heavy atom. The normalized spacial score (nSPS) is 24.9. The maximum Gasteiger partial charge on any atom is 0.323 e. The van der Waals surface area contributed by atoms with Crippen LogP contribution < -0.4 is 0 Å². The number of hydrogen-bond acceptors (Lipinski definition) is 4. The van der Waals surface area contributed by atoms with Crippen molar-refractivity contribution in [2.24, 2.45) is 5.92 Å². The predicted molar refractivity (Wildman–Crippen MR) is 68.9 cm³/mol. The Bertz CT molecular complexity index is 306. The van der Waals surface area contributed by atoms with Gasteiger partial charge in [0.2, 0.25) is 5.91 Å². The second-order valence-electron chi connectivity index (χ2n) is 4.71. The summed E-state index contributed by atoms with van der Waals surface area (Å²) in [6.07, 6.45) is 3.54. The number of methoxy groups -OCH3 is 1. The minimum atomic E-state index is -0.572. The van der Waals surface area contributed by atoms with Crippen molar-refractivity contribution in [3.8, 4) is 0 Å². The van der Waals surface area contributed by atoms with Gasteiger partial charge in [-0.1, -0.05) is 13.8 Å². The minimum absolute atomic E-state index is 0.0229. The molecule has 1 aliphatic heterocycles. The van der Waals surface area contributed by atoms with Crippen molar-refractivity contribution < 1.29 is 14.3 Å². The van der Waals surface area contributed by atoms with Crippen molar-refractivity contribution in [2.75, 3.05) is 26.5 Å². The van der Waals surface area contributed by atoms with Crippen LogP contribution in [0.3, 0.4) is 0 Å². The lowest BCUT2D eigenvalue weighted by Gasteiger charge is -2.40. The van der Waals surface area contributed by atoms with Crippen LogP contribution in [0.25, 0.3) is 0 Å². The van der Waals surface area contributed by atoms with Gasteiger partial charge in [-0.15, -0.1) is 11.8 Å². The summed E-state index contributed by atoms with van der Waals surface area (Å²) >= 11 is 1.49. The topological polar surface area (TPSA) is 46.6 Å². The number of ether oxygens (including phenoxy) is 1. The highest BCUT2D eigenvalue weighted by Crippen LogP contribution is 2.34. The molecule has 1 heterocycles. The third kappa shape index (κ3) is 2.94. The van der Waals surface area contributed by atoms with E-state index in [-0.39, 0.29) is 17.8 Å². The van der Waals surface area contributed by atoms with Crippen LogP contribution in [0.5, 0.6) is 0 Å². The Morgan fingerprint density at radius 3 is 2.53 bits per heavy atom. The van der Waals surface area contributed by atoms with Gasteiger partial charge in [-0.3, -0.25) is 9.59 Å². The lowest BCUT2D eigenvalue weighted by atomic mass is 9.96. The van der Waals surface area contributed by atoms with Crippen molar-refractivity contribution in [3.63, 3.8) is 0 Å². The fourth-order valence-electron chi connectivity index (χ4n) is 2.18. The number of thioether (sulfide) groups is 1. The highest BCUT2D eigenvalue weighted by molar-refractivity contribution is 8.00. The molecule has 0 spiro atoms. The molecule has 98 valence electrons. The van der Waals surface area contributed by atoms with Gasteiger partial charge in [0.05, 0.1) is 7.11 Å². The van der Waals surface area contributed by atoms with Crippen molar-refractivity contribution >= 4 is 23.6 Å². The number of piperidine rings is 1. The number of hydrogen-bond donors (Lipinski definition) is 0. The molecule has 1 amide bonds. The van der Waals surface area contributed by atoms with E-state index in [1.54, 1.807) is 4.90 Å². The maximum absolute atomic E-state index is 12.0. The maximum atomic E-state index is 12.0. The summed E-state index contributed by atoms with van der Waals surface area (Å²) in [6.45, 7) is 4.99. The molecule has 1 saturated heterocycles. The molecule has 1 atom stereocenters. The Hall–Kier alpha value is -0.710. The molecular weight excluding hydrogens is 238 g/mol. The molecule has 0 N–H and O–H groups in total. The molecule has 0 radical (unpaired) electrons. The summed E-state index contributed by atoms with van der Waals surface area (Å²) in [5.74, 6) is -0.122. The zero-order chi connectivity index (χ0) is 13.1. The van der Waals surface area contributed by atoms with Gasteiger partial charge in [0.15, 0.2) is 0 Å². The van der Waals surface area contributed by atoms with E-state index in [0.717, 1.165) is 19.4 Å². The van der Waals surface area contributed by atoms with Crippen molar-refractivity contribution in [1.82, 2.24) is 4.90 Å². The quantitative estimate of drug-likeness (QED) is 0.721. The molecule has 0 saturated carbocycles. The molecule has 0 aliphatic carbocycles. The summed E-state index contributed by atoms with van der Waals surface area (Å²) in [6, 6.07) is 0. The first-order valence-electron chi connectivity index (χ1n) is 5.89. The summed E-state index contributed by atoms with van der Waals surface area (Å²) in [7, 11) is 1.41. The van der Waals surface area contributed by atoms with Crippen molar-refractivity contribution in [3.05, 3.63) is 0 Å². The lowest BCUT2D eigenvalue weighted by molar-refractivity contribution is -0.147. The smallest absolute Gasteiger partial charge is 0.323 e. The van der Waals surface area contributed by atoms with Crippen LogP contribution in [-0.4, -0.2) is 48.0 Å². The lowest BCUT2D eigenvalue weighted by Crippen LogP contribution is -2.53. The molecule has 0 aromatic heterocycles. The summed E-state index contributed by atoms with van der Waals surface area (Å²) in [5, 5.41) is 0. The number of likely N-dealkylation sites (tertiary alicyclic amines) is 1. The van der Waals surface area contributed by atoms with Crippen LogP contribution in [0.2, 0.25) is 0 Å². The van der Waals surface area contributed by atoms with Gasteiger partial charge in [-0.05, 0) is 19.1 Å². The first-order chi connectivity index (χ1) is 7.96. The number of amides is 1. The van der Waals surface area contributed by atoms with E-state index in [2.05, 4.69) is 0 Å². The second kappa shape index (κ2) is 5.76. The number of nitrogens with zero attached hydrogens (tertiary/aromatic N) is 1. The third-order valence-electron chi connectivity index (χ3n) is 3.21. The van der Waals surface area contributed by atoms with Crippen LogP contribution in [0, 0.1) is 5.92 Å². The molecule has 4 nitrogen and oxygen atoms in total. The van der Waals surface area contributed by atoms with Gasteiger partial charge in [0, 0.05) is 19.0 Å². The van der Waals surface area contributed by atoms with E-state index >= 15 is 0 Å². The number of rotatable bonds is 3.